The number of nitrogens with zero attached hydrogens (tertiary/aromatic N) is 3. The molecule has 6 nitrogen and oxygen atoms in total. The highest BCUT2D eigenvalue weighted by molar-refractivity contribution is 7.99. The van der Waals surface area contributed by atoms with Crippen LogP contribution in [0.5, 0.6) is 0 Å². The lowest BCUT2D eigenvalue weighted by Crippen LogP contribution is -2.22. The van der Waals surface area contributed by atoms with Crippen molar-refractivity contribution < 1.29 is 9.59 Å². The first-order valence-corrected chi connectivity index (χ1v) is 11.0. The van der Waals surface area contributed by atoms with E-state index < -0.39 is 0 Å². The molecule has 0 spiro atoms. The predicted octanol–water partition coefficient (Wildman–Crippen LogP) is 3.85. The van der Waals surface area contributed by atoms with Gasteiger partial charge in [0, 0.05) is 30.5 Å². The molecule has 2 heterocycles. The third-order valence-corrected chi connectivity index (χ3v) is 6.23. The van der Waals surface area contributed by atoms with E-state index in [4.69, 9.17) is 0 Å². The summed E-state index contributed by atoms with van der Waals surface area (Å²) in [6.45, 7) is 6.45. The van der Waals surface area contributed by atoms with Crippen molar-refractivity contribution in [2.45, 2.75) is 25.0 Å². The van der Waals surface area contributed by atoms with Gasteiger partial charge in [0.15, 0.2) is 16.8 Å². The number of thioether (sulfide) groups is 1. The Morgan fingerprint density at radius 3 is 2.72 bits per heavy atom. The van der Waals surface area contributed by atoms with Crippen LogP contribution in [0.3, 0.4) is 0 Å². The first-order chi connectivity index (χ1) is 14.1. The van der Waals surface area contributed by atoms with E-state index in [9.17, 15) is 9.59 Å². The molecule has 1 N–H and O–H groups in total. The Morgan fingerprint density at radius 2 is 2.00 bits per heavy atom. The second-order valence-electron chi connectivity index (χ2n) is 6.28. The molecule has 0 unspecified atom stereocenters. The second kappa shape index (κ2) is 10.2. The standard InChI is InChI=1S/C21H22N4O2S2/c1-3-13-25-20(16-7-5-4-6-8-16)23-24-21(25)28-14-18(27)19-10-9-17(29-19)11-12-22-15(2)26/h3-10H,1,11-14H2,2H3,(H,22,26). The average molecular weight is 427 g/mol. The lowest BCUT2D eigenvalue weighted by molar-refractivity contribution is -0.118. The quantitative estimate of drug-likeness (QED) is 0.303. The van der Waals surface area contributed by atoms with Crippen molar-refractivity contribution in [1.82, 2.24) is 20.1 Å². The summed E-state index contributed by atoms with van der Waals surface area (Å²) in [5.74, 6) is 1.06. The van der Waals surface area contributed by atoms with Gasteiger partial charge in [0.1, 0.15) is 0 Å². The van der Waals surface area contributed by atoms with Gasteiger partial charge in [-0.05, 0) is 18.6 Å². The summed E-state index contributed by atoms with van der Waals surface area (Å²) in [6, 6.07) is 13.6. The third-order valence-electron chi connectivity index (χ3n) is 4.07. The predicted molar refractivity (Wildman–Crippen MR) is 117 cm³/mol. The Bertz CT molecular complexity index is 995. The summed E-state index contributed by atoms with van der Waals surface area (Å²) in [5.41, 5.74) is 0.974. The van der Waals surface area contributed by atoms with Crippen LogP contribution in [-0.2, 0) is 17.8 Å². The van der Waals surface area contributed by atoms with Gasteiger partial charge in [-0.15, -0.1) is 28.1 Å². The number of benzene rings is 1. The molecule has 3 aromatic rings. The van der Waals surface area contributed by atoms with Crippen molar-refractivity contribution in [2.24, 2.45) is 0 Å². The molecule has 0 aliphatic heterocycles. The maximum absolute atomic E-state index is 12.6. The van der Waals surface area contributed by atoms with Crippen molar-refractivity contribution in [3.8, 4) is 11.4 Å². The van der Waals surface area contributed by atoms with Gasteiger partial charge < -0.3 is 5.32 Å². The Labute approximate surface area is 178 Å². The van der Waals surface area contributed by atoms with Crippen molar-refractivity contribution in [3.63, 3.8) is 0 Å². The fourth-order valence-electron chi connectivity index (χ4n) is 2.72. The van der Waals surface area contributed by atoms with Crippen LogP contribution >= 0.6 is 23.1 Å². The van der Waals surface area contributed by atoms with E-state index in [-0.39, 0.29) is 17.4 Å². The fraction of sp³-hybridized carbons (Fsp3) is 0.238. The van der Waals surface area contributed by atoms with Crippen LogP contribution in [0.4, 0.5) is 0 Å². The van der Waals surface area contributed by atoms with Crippen molar-refractivity contribution in [2.75, 3.05) is 12.3 Å². The topological polar surface area (TPSA) is 76.9 Å². The summed E-state index contributed by atoms with van der Waals surface area (Å²) >= 11 is 2.85. The Kier molecular flexibility index (Phi) is 7.37. The van der Waals surface area contributed by atoms with Crippen LogP contribution in [-0.4, -0.2) is 38.8 Å². The maximum Gasteiger partial charge on any atom is 0.216 e. The van der Waals surface area contributed by atoms with E-state index in [1.54, 1.807) is 6.08 Å². The van der Waals surface area contributed by atoms with Crippen LogP contribution in [0.25, 0.3) is 11.4 Å². The zero-order chi connectivity index (χ0) is 20.6. The van der Waals surface area contributed by atoms with E-state index in [0.717, 1.165) is 22.7 Å². The highest BCUT2D eigenvalue weighted by Gasteiger charge is 2.16. The molecule has 0 radical (unpaired) electrons. The van der Waals surface area contributed by atoms with E-state index >= 15 is 0 Å². The molecule has 29 heavy (non-hydrogen) atoms. The average Bonchev–Trinajstić information content (AvgIpc) is 3.34. The Hall–Kier alpha value is -2.71. The molecule has 0 atom stereocenters. The van der Waals surface area contributed by atoms with Crippen molar-refractivity contribution >= 4 is 34.8 Å². The number of nitrogens with one attached hydrogen (secondary N) is 1. The van der Waals surface area contributed by atoms with Crippen LogP contribution in [0.15, 0.2) is 60.3 Å². The summed E-state index contributed by atoms with van der Waals surface area (Å²) in [7, 11) is 0. The number of amides is 1. The van der Waals surface area contributed by atoms with Gasteiger partial charge in [-0.1, -0.05) is 48.2 Å². The monoisotopic (exact) mass is 426 g/mol. The van der Waals surface area contributed by atoms with Crippen molar-refractivity contribution in [1.29, 1.82) is 0 Å². The minimum Gasteiger partial charge on any atom is -0.356 e. The number of Topliss-reactive ketones (excluding diaryl/α,β-unsaturated/α-hetero) is 1. The van der Waals surface area contributed by atoms with Gasteiger partial charge in [-0.2, -0.15) is 0 Å². The highest BCUT2D eigenvalue weighted by atomic mass is 32.2. The zero-order valence-corrected chi connectivity index (χ0v) is 17.8. The van der Waals surface area contributed by atoms with Gasteiger partial charge in [-0.3, -0.25) is 14.2 Å². The van der Waals surface area contributed by atoms with E-state index in [1.165, 1.54) is 30.0 Å². The van der Waals surface area contributed by atoms with Gasteiger partial charge in [0.25, 0.3) is 0 Å². The van der Waals surface area contributed by atoms with Crippen LogP contribution in [0, 0.1) is 0 Å². The van der Waals surface area contributed by atoms with E-state index in [2.05, 4.69) is 22.1 Å². The fourth-order valence-corrected chi connectivity index (χ4v) is 4.58. The molecule has 150 valence electrons. The molecular formula is C21H22N4O2S2. The van der Waals surface area contributed by atoms with Crippen LogP contribution in [0.1, 0.15) is 21.5 Å². The summed E-state index contributed by atoms with van der Waals surface area (Å²) in [5, 5.41) is 12.0. The van der Waals surface area contributed by atoms with Gasteiger partial charge in [0.05, 0.1) is 10.6 Å². The summed E-state index contributed by atoms with van der Waals surface area (Å²) in [6.07, 6.45) is 2.51. The number of hydrogen-bond acceptors (Lipinski definition) is 6. The van der Waals surface area contributed by atoms with E-state index in [1.807, 2.05) is 47.0 Å². The number of carbonyl (C=O) groups excluding carboxylic acids is 2. The second-order valence-corrected chi connectivity index (χ2v) is 8.39. The molecule has 8 heteroatoms. The molecule has 0 saturated carbocycles. The Morgan fingerprint density at radius 1 is 1.21 bits per heavy atom. The molecule has 0 bridgehead atoms. The normalized spacial score (nSPS) is 10.7. The van der Waals surface area contributed by atoms with Crippen LogP contribution < -0.4 is 5.32 Å². The number of aromatic nitrogens is 3. The molecule has 0 aliphatic carbocycles. The van der Waals surface area contributed by atoms with Crippen molar-refractivity contribution in [3.05, 3.63) is 64.9 Å². The number of ketones is 1. The molecule has 0 saturated heterocycles. The van der Waals surface area contributed by atoms with Gasteiger partial charge in [-0.25, -0.2) is 0 Å². The minimum atomic E-state index is -0.0484. The highest BCUT2D eigenvalue weighted by Crippen LogP contribution is 2.26. The Balaban J connectivity index is 1.64. The largest absolute Gasteiger partial charge is 0.356 e. The number of thiophene rings is 1. The minimum absolute atomic E-state index is 0.0484. The zero-order valence-electron chi connectivity index (χ0n) is 16.1. The number of allylic oxidation sites excluding steroid dienone is 1. The lowest BCUT2D eigenvalue weighted by atomic mass is 10.2. The molecule has 0 aliphatic rings. The van der Waals surface area contributed by atoms with Gasteiger partial charge >= 0.3 is 0 Å². The SMILES string of the molecule is C=CCn1c(SCC(=O)c2ccc(CCNC(C)=O)s2)nnc1-c1ccccc1. The summed E-state index contributed by atoms with van der Waals surface area (Å²) in [4.78, 5) is 25.3. The molecule has 2 aromatic heterocycles. The molecule has 1 aromatic carbocycles. The number of rotatable bonds is 10. The molecule has 3 rings (SSSR count). The first-order valence-electron chi connectivity index (χ1n) is 9.17. The first kappa shape index (κ1) is 21.0. The smallest absolute Gasteiger partial charge is 0.216 e. The van der Waals surface area contributed by atoms with E-state index in [0.29, 0.717) is 23.1 Å². The number of hydrogen-bond donors (Lipinski definition) is 1. The number of carbonyl (C=O) groups is 2. The third kappa shape index (κ3) is 5.65. The molecule has 1 amide bonds. The lowest BCUT2D eigenvalue weighted by Gasteiger charge is -2.07. The van der Waals surface area contributed by atoms with Gasteiger partial charge in [0.2, 0.25) is 5.91 Å². The maximum atomic E-state index is 12.6. The summed E-state index contributed by atoms with van der Waals surface area (Å²) < 4.78 is 1.97. The van der Waals surface area contributed by atoms with Crippen LogP contribution in [0.2, 0.25) is 0 Å². The molecular weight excluding hydrogens is 404 g/mol. The molecule has 0 fully saturated rings.